The van der Waals surface area contributed by atoms with E-state index in [9.17, 15) is 4.79 Å². The van der Waals surface area contributed by atoms with E-state index in [1.54, 1.807) is 18.2 Å². The summed E-state index contributed by atoms with van der Waals surface area (Å²) in [5.41, 5.74) is 1.10. The fourth-order valence-corrected chi connectivity index (χ4v) is 1.31. The summed E-state index contributed by atoms with van der Waals surface area (Å²) in [5.74, 6) is -1.00. The summed E-state index contributed by atoms with van der Waals surface area (Å²) < 4.78 is 0. The molecule has 1 aromatic rings. The molecule has 13 heavy (non-hydrogen) atoms. The monoisotopic (exact) mass is 196 g/mol. The van der Waals surface area contributed by atoms with E-state index in [-0.39, 0.29) is 10.6 Å². The highest BCUT2D eigenvalue weighted by Crippen LogP contribution is 2.18. The van der Waals surface area contributed by atoms with Crippen LogP contribution in [0, 0.1) is 0 Å². The quantitative estimate of drug-likeness (QED) is 0.755. The Morgan fingerprint density at radius 3 is 2.77 bits per heavy atom. The van der Waals surface area contributed by atoms with Crippen LogP contribution in [0.15, 0.2) is 30.9 Å². The minimum Gasteiger partial charge on any atom is -0.478 e. The van der Waals surface area contributed by atoms with Crippen LogP contribution in [0.2, 0.25) is 5.02 Å². The number of aromatic carboxylic acids is 1. The van der Waals surface area contributed by atoms with Gasteiger partial charge < -0.3 is 5.11 Å². The van der Waals surface area contributed by atoms with Crippen molar-refractivity contribution < 1.29 is 9.90 Å². The van der Waals surface area contributed by atoms with Crippen molar-refractivity contribution in [2.75, 3.05) is 0 Å². The fourth-order valence-electron chi connectivity index (χ4n) is 1.03. The normalized spacial score (nSPS) is 9.62. The molecule has 1 aromatic carbocycles. The van der Waals surface area contributed by atoms with Crippen LogP contribution >= 0.6 is 11.6 Å². The molecule has 3 heteroatoms. The molecule has 0 aromatic heterocycles. The first-order valence-electron chi connectivity index (χ1n) is 3.77. The predicted molar refractivity (Wildman–Crippen MR) is 52.3 cm³/mol. The molecule has 0 unspecified atom stereocenters. The van der Waals surface area contributed by atoms with Crippen LogP contribution in [0.4, 0.5) is 0 Å². The Bertz CT molecular complexity index is 345. The zero-order chi connectivity index (χ0) is 9.84. The Kier molecular flexibility index (Phi) is 3.09. The van der Waals surface area contributed by atoms with Gasteiger partial charge in [-0.05, 0) is 24.1 Å². The molecular weight excluding hydrogens is 188 g/mol. The maximum atomic E-state index is 10.6. The fraction of sp³-hybridized carbons (Fsp3) is 0.100. The average Bonchev–Trinajstić information content (AvgIpc) is 2.04. The number of halogens is 1. The summed E-state index contributed by atoms with van der Waals surface area (Å²) in [7, 11) is 0. The van der Waals surface area contributed by atoms with Crippen LogP contribution in [0.1, 0.15) is 15.9 Å². The Labute approximate surface area is 81.5 Å². The molecule has 2 nitrogen and oxygen atoms in total. The van der Waals surface area contributed by atoms with Crippen LogP contribution in [-0.4, -0.2) is 11.1 Å². The van der Waals surface area contributed by atoms with Crippen LogP contribution in [0.5, 0.6) is 0 Å². The van der Waals surface area contributed by atoms with Crippen molar-refractivity contribution in [2.24, 2.45) is 0 Å². The van der Waals surface area contributed by atoms with E-state index in [2.05, 4.69) is 6.58 Å². The van der Waals surface area contributed by atoms with E-state index in [0.29, 0.717) is 6.42 Å². The highest BCUT2D eigenvalue weighted by atomic mass is 35.5. The molecule has 0 aliphatic rings. The first-order valence-corrected chi connectivity index (χ1v) is 4.15. The summed E-state index contributed by atoms with van der Waals surface area (Å²) in [6.07, 6.45) is 2.44. The zero-order valence-corrected chi connectivity index (χ0v) is 7.71. The highest BCUT2D eigenvalue weighted by molar-refractivity contribution is 6.33. The molecular formula is C10H9ClO2. The van der Waals surface area contributed by atoms with Gasteiger partial charge >= 0.3 is 5.97 Å². The molecule has 1 rings (SSSR count). The SMILES string of the molecule is C=CCc1ccc(C(=O)O)c(Cl)c1. The van der Waals surface area contributed by atoms with Crippen molar-refractivity contribution in [1.29, 1.82) is 0 Å². The molecule has 0 atom stereocenters. The molecule has 0 spiro atoms. The topological polar surface area (TPSA) is 37.3 Å². The third-order valence-electron chi connectivity index (χ3n) is 1.64. The van der Waals surface area contributed by atoms with Crippen molar-refractivity contribution >= 4 is 17.6 Å². The number of benzene rings is 1. The lowest BCUT2D eigenvalue weighted by atomic mass is 10.1. The van der Waals surface area contributed by atoms with E-state index < -0.39 is 5.97 Å². The lowest BCUT2D eigenvalue weighted by Crippen LogP contribution is -1.97. The molecule has 0 saturated carbocycles. The van der Waals surface area contributed by atoms with E-state index in [0.717, 1.165) is 5.56 Å². The van der Waals surface area contributed by atoms with E-state index in [1.165, 1.54) is 6.07 Å². The molecule has 0 aliphatic heterocycles. The first kappa shape index (κ1) is 9.81. The van der Waals surface area contributed by atoms with Crippen LogP contribution in [0.25, 0.3) is 0 Å². The minimum atomic E-state index is -1.00. The van der Waals surface area contributed by atoms with E-state index in [1.807, 2.05) is 0 Å². The van der Waals surface area contributed by atoms with E-state index >= 15 is 0 Å². The molecule has 0 radical (unpaired) electrons. The summed E-state index contributed by atoms with van der Waals surface area (Å²) in [5, 5.41) is 8.95. The number of carboxylic acid groups (broad SMARTS) is 1. The van der Waals surface area contributed by atoms with Gasteiger partial charge in [0, 0.05) is 0 Å². The Balaban J connectivity index is 3.05. The number of hydrogen-bond donors (Lipinski definition) is 1. The summed E-state index contributed by atoms with van der Waals surface area (Å²) in [6.45, 7) is 3.58. The third-order valence-corrected chi connectivity index (χ3v) is 1.96. The van der Waals surface area contributed by atoms with Gasteiger partial charge in [0.2, 0.25) is 0 Å². The van der Waals surface area contributed by atoms with Gasteiger partial charge in [-0.1, -0.05) is 23.7 Å². The number of hydrogen-bond acceptors (Lipinski definition) is 1. The van der Waals surface area contributed by atoms with Crippen molar-refractivity contribution in [1.82, 2.24) is 0 Å². The largest absolute Gasteiger partial charge is 0.478 e. The van der Waals surface area contributed by atoms with Gasteiger partial charge in [0.25, 0.3) is 0 Å². The number of carbonyl (C=O) groups is 1. The summed E-state index contributed by atoms with van der Waals surface area (Å²) in [4.78, 5) is 10.6. The molecule has 1 N–H and O–H groups in total. The van der Waals surface area contributed by atoms with Crippen molar-refractivity contribution in [3.8, 4) is 0 Å². The number of carboxylic acids is 1. The lowest BCUT2D eigenvalue weighted by molar-refractivity contribution is 0.0697. The molecule has 0 bridgehead atoms. The van der Waals surface area contributed by atoms with E-state index in [4.69, 9.17) is 16.7 Å². The van der Waals surface area contributed by atoms with Gasteiger partial charge in [-0.25, -0.2) is 4.79 Å². The molecule has 0 saturated heterocycles. The second kappa shape index (κ2) is 4.10. The van der Waals surface area contributed by atoms with Gasteiger partial charge in [-0.15, -0.1) is 6.58 Å². The predicted octanol–water partition coefficient (Wildman–Crippen LogP) is 2.77. The van der Waals surface area contributed by atoms with Gasteiger partial charge in [-0.3, -0.25) is 0 Å². The molecule has 0 aliphatic carbocycles. The molecule has 0 amide bonds. The Morgan fingerprint density at radius 2 is 2.31 bits per heavy atom. The first-order chi connectivity index (χ1) is 6.15. The number of rotatable bonds is 3. The maximum Gasteiger partial charge on any atom is 0.337 e. The zero-order valence-electron chi connectivity index (χ0n) is 6.96. The number of allylic oxidation sites excluding steroid dienone is 1. The lowest BCUT2D eigenvalue weighted by Gasteiger charge is -2.01. The second-order valence-corrected chi connectivity index (χ2v) is 3.02. The van der Waals surface area contributed by atoms with Crippen LogP contribution in [-0.2, 0) is 6.42 Å². The second-order valence-electron chi connectivity index (χ2n) is 2.61. The van der Waals surface area contributed by atoms with Crippen molar-refractivity contribution in [3.63, 3.8) is 0 Å². The highest BCUT2D eigenvalue weighted by Gasteiger charge is 2.07. The molecule has 68 valence electrons. The van der Waals surface area contributed by atoms with Gasteiger partial charge in [-0.2, -0.15) is 0 Å². The van der Waals surface area contributed by atoms with Crippen LogP contribution in [0.3, 0.4) is 0 Å². The smallest absolute Gasteiger partial charge is 0.337 e. The average molecular weight is 197 g/mol. The Hall–Kier alpha value is -1.28. The van der Waals surface area contributed by atoms with Gasteiger partial charge in [0.15, 0.2) is 0 Å². The summed E-state index contributed by atoms with van der Waals surface area (Å²) in [6, 6.07) is 4.88. The molecule has 0 fully saturated rings. The van der Waals surface area contributed by atoms with Gasteiger partial charge in [0.1, 0.15) is 0 Å². The van der Waals surface area contributed by atoms with Gasteiger partial charge in [0.05, 0.1) is 10.6 Å². The third kappa shape index (κ3) is 2.33. The standard InChI is InChI=1S/C10H9ClO2/c1-2-3-7-4-5-8(10(12)13)9(11)6-7/h2,4-6H,1,3H2,(H,12,13). The Morgan fingerprint density at radius 1 is 1.62 bits per heavy atom. The summed E-state index contributed by atoms with van der Waals surface area (Å²) >= 11 is 5.74. The van der Waals surface area contributed by atoms with Crippen LogP contribution < -0.4 is 0 Å². The van der Waals surface area contributed by atoms with Crippen molar-refractivity contribution in [2.45, 2.75) is 6.42 Å². The molecule has 0 heterocycles. The van der Waals surface area contributed by atoms with Crippen molar-refractivity contribution in [3.05, 3.63) is 47.0 Å². The maximum absolute atomic E-state index is 10.6. The minimum absolute atomic E-state index is 0.134.